The molecule has 0 bridgehead atoms. The lowest BCUT2D eigenvalue weighted by Crippen LogP contribution is -2.46. The van der Waals surface area contributed by atoms with Crippen LogP contribution in [0, 0.1) is 5.92 Å². The number of fused-ring (bicyclic) bond motifs is 3. The molecule has 6 heterocycles. The van der Waals surface area contributed by atoms with Crippen molar-refractivity contribution in [1.82, 2.24) is 30.0 Å². The van der Waals surface area contributed by atoms with E-state index < -0.39 is 17.5 Å². The summed E-state index contributed by atoms with van der Waals surface area (Å²) in [7, 11) is 1.92. The van der Waals surface area contributed by atoms with E-state index in [-0.39, 0.29) is 29.5 Å². The quantitative estimate of drug-likeness (QED) is 0.0831. The van der Waals surface area contributed by atoms with Gasteiger partial charge in [0.05, 0.1) is 33.4 Å². The Labute approximate surface area is 441 Å². The van der Waals surface area contributed by atoms with Crippen LogP contribution in [0.1, 0.15) is 116 Å². The van der Waals surface area contributed by atoms with E-state index in [2.05, 4.69) is 54.6 Å². The van der Waals surface area contributed by atoms with Crippen molar-refractivity contribution in [3.05, 3.63) is 125 Å². The average molecular weight is 1030 g/mol. The van der Waals surface area contributed by atoms with Crippen molar-refractivity contribution in [2.24, 2.45) is 13.0 Å². The number of hydrogen-bond donors (Lipinski definition) is 2. The fraction of sp³-hybridized carbons (Fsp3) is 0.407. The molecule has 2 N–H and O–H groups in total. The van der Waals surface area contributed by atoms with Crippen molar-refractivity contribution in [2.45, 2.75) is 103 Å². The van der Waals surface area contributed by atoms with Gasteiger partial charge in [-0.05, 0) is 162 Å². The molecule has 1 atom stereocenters. The molecule has 75 heavy (non-hydrogen) atoms. The number of aromatic nitrogens is 4. The monoisotopic (exact) mass is 1030 g/mol. The second kappa shape index (κ2) is 21.2. The van der Waals surface area contributed by atoms with Crippen molar-refractivity contribution < 1.29 is 28.7 Å². The number of nitrogens with zero attached hydrogens (tertiary/aromatic N) is 7. The zero-order chi connectivity index (χ0) is 51.8. The molecule has 3 aliphatic heterocycles. The molecule has 1 saturated carbocycles. The number of para-hydroxylation sites is 1. The third kappa shape index (κ3) is 11.1. The topological polar surface area (TPSA) is 164 Å². The first-order valence-corrected chi connectivity index (χ1v) is 27.4. The number of anilines is 3. The lowest BCUT2D eigenvalue weighted by Gasteiger charge is -2.36. The minimum atomic E-state index is -0.727. The Morgan fingerprint density at radius 2 is 1.64 bits per heavy atom. The van der Waals surface area contributed by atoms with Crippen molar-refractivity contribution in [1.29, 1.82) is 0 Å². The van der Waals surface area contributed by atoms with Crippen LogP contribution in [0.5, 0.6) is 5.75 Å². The number of hydrogen-bond acceptors (Lipinski definition) is 13. The van der Waals surface area contributed by atoms with Gasteiger partial charge >= 0.3 is 5.97 Å². The number of ether oxygens (including phenoxy) is 2. The summed E-state index contributed by atoms with van der Waals surface area (Å²) >= 11 is 1.45. The predicted octanol–water partition coefficient (Wildman–Crippen LogP) is 10.1. The molecule has 7 aromatic rings. The van der Waals surface area contributed by atoms with Gasteiger partial charge in [-0.3, -0.25) is 34.6 Å². The van der Waals surface area contributed by atoms with Gasteiger partial charge in [-0.2, -0.15) is 5.10 Å². The van der Waals surface area contributed by atoms with Gasteiger partial charge in [-0.1, -0.05) is 47.7 Å². The maximum Gasteiger partial charge on any atom is 0.358 e. The number of piperidine rings is 1. The van der Waals surface area contributed by atoms with Crippen LogP contribution >= 0.6 is 11.3 Å². The number of benzene rings is 4. The van der Waals surface area contributed by atoms with Gasteiger partial charge in [0.1, 0.15) is 17.2 Å². The minimum Gasteiger partial charge on any atom is -0.490 e. The summed E-state index contributed by atoms with van der Waals surface area (Å²) in [5.41, 5.74) is 7.42. The second-order valence-corrected chi connectivity index (χ2v) is 22.6. The van der Waals surface area contributed by atoms with E-state index in [0.29, 0.717) is 53.9 Å². The number of esters is 1. The molecule has 0 spiro atoms. The van der Waals surface area contributed by atoms with E-state index in [9.17, 15) is 19.2 Å². The van der Waals surface area contributed by atoms with E-state index >= 15 is 0 Å². The van der Waals surface area contributed by atoms with Crippen molar-refractivity contribution in [3.63, 3.8) is 0 Å². The van der Waals surface area contributed by atoms with Crippen molar-refractivity contribution >= 4 is 72.8 Å². The molecule has 15 nitrogen and oxygen atoms in total. The first-order valence-electron chi connectivity index (χ1n) is 26.6. The summed E-state index contributed by atoms with van der Waals surface area (Å²) in [6.07, 6.45) is 8.37. The third-order valence-corrected chi connectivity index (χ3v) is 16.3. The highest BCUT2D eigenvalue weighted by atomic mass is 32.1. The van der Waals surface area contributed by atoms with Gasteiger partial charge in [0.25, 0.3) is 5.91 Å². The van der Waals surface area contributed by atoms with Crippen LogP contribution in [0.2, 0.25) is 0 Å². The van der Waals surface area contributed by atoms with Crippen molar-refractivity contribution in [2.75, 3.05) is 54.4 Å². The number of pyridine rings is 1. The highest BCUT2D eigenvalue weighted by molar-refractivity contribution is 7.22. The van der Waals surface area contributed by atoms with Gasteiger partial charge in [0.2, 0.25) is 11.8 Å². The van der Waals surface area contributed by atoms with Crippen LogP contribution in [-0.2, 0) is 34.3 Å². The summed E-state index contributed by atoms with van der Waals surface area (Å²) in [5, 5.41) is 11.8. The first kappa shape index (κ1) is 50.0. The number of carbonyl (C=O) groups excluding carboxylic acids is 4. The van der Waals surface area contributed by atoms with Gasteiger partial charge in [-0.15, -0.1) is 0 Å². The van der Waals surface area contributed by atoms with Gasteiger partial charge < -0.3 is 19.3 Å². The fourth-order valence-corrected chi connectivity index (χ4v) is 12.3. The van der Waals surface area contributed by atoms with Crippen LogP contribution in [-0.4, -0.2) is 99.3 Å². The Hall–Kier alpha value is -7.17. The molecule has 16 heteroatoms. The molecule has 3 amide bonds. The first-order chi connectivity index (χ1) is 36.3. The van der Waals surface area contributed by atoms with E-state index in [1.807, 2.05) is 105 Å². The van der Waals surface area contributed by atoms with Gasteiger partial charge in [0, 0.05) is 74.9 Å². The Kier molecular flexibility index (Phi) is 14.1. The van der Waals surface area contributed by atoms with E-state index in [4.69, 9.17) is 19.6 Å². The summed E-state index contributed by atoms with van der Waals surface area (Å²) in [5.74, 6) is 0.520. The molecule has 0 radical (unpaired) electrons. The third-order valence-electron chi connectivity index (χ3n) is 15.3. The number of rotatable bonds is 13. The Morgan fingerprint density at radius 1 is 0.827 bits per heavy atom. The summed E-state index contributed by atoms with van der Waals surface area (Å²) in [6, 6.07) is 32.0. The molecule has 388 valence electrons. The lowest BCUT2D eigenvalue weighted by atomic mass is 9.84. The Morgan fingerprint density at radius 3 is 2.44 bits per heavy atom. The number of aryl methyl sites for hydroxylation is 1. The number of nitrogens with one attached hydrogen (secondary N) is 2. The maximum absolute atomic E-state index is 14.0. The molecule has 1 aliphatic carbocycles. The average Bonchev–Trinajstić information content (AvgIpc) is 3.98. The minimum absolute atomic E-state index is 0.125. The molecule has 2 saturated heterocycles. The predicted molar refractivity (Wildman–Crippen MR) is 294 cm³/mol. The van der Waals surface area contributed by atoms with Crippen LogP contribution < -0.4 is 25.2 Å². The van der Waals surface area contributed by atoms with Crippen LogP contribution in [0.25, 0.3) is 32.2 Å². The zero-order valence-corrected chi connectivity index (χ0v) is 44.1. The number of piperazine rings is 1. The standard InChI is InChI=1S/C59H65N9O6S/c1-59(2,3)74-57(72)54-43(23-25-51(61-54)68-29-27-38-11-8-14-44(47(38)36-68)55(70)63-58-60-48-15-5-6-16-50(48)75-58)39-12-7-13-42(34-39)73-41-20-17-37(18-21-41)10-9-28-66-30-32-67(33-31-66)40-19-22-45-49(35-40)65(4)64-53(45)46-24-26-52(69)62-56(46)71/h5-8,11-16,19,22-23,25,34-35,37,41,46H,9-10,17-18,20-21,24,26-33,36H2,1-4H3,(H,60,63,70)(H,62,69,71). The second-order valence-electron chi connectivity index (χ2n) is 21.6. The lowest BCUT2D eigenvalue weighted by molar-refractivity contribution is -0.134. The highest BCUT2D eigenvalue weighted by Gasteiger charge is 2.33. The van der Waals surface area contributed by atoms with Gasteiger partial charge in [-0.25, -0.2) is 14.8 Å². The van der Waals surface area contributed by atoms with E-state index in [1.165, 1.54) is 29.9 Å². The molecule has 3 fully saturated rings. The number of amides is 3. The maximum atomic E-state index is 14.0. The largest absolute Gasteiger partial charge is 0.490 e. The SMILES string of the molecule is Cn1nc(C2CCC(=O)NC2=O)c2ccc(N3CCN(CCCC4CCC(Oc5cccc(-c6ccc(N7CCc8cccc(C(=O)Nc9nc%10ccccc%10s9)c8C7)nc6C(=O)OC(C)(C)C)c5)CC4)CC3)cc21. The number of carbonyl (C=O) groups is 4. The summed E-state index contributed by atoms with van der Waals surface area (Å²) in [4.78, 5) is 69.0. The summed E-state index contributed by atoms with van der Waals surface area (Å²) in [6.45, 7) is 11.8. The zero-order valence-electron chi connectivity index (χ0n) is 43.3. The number of thiazole rings is 1. The molecule has 4 aromatic carbocycles. The van der Waals surface area contributed by atoms with Crippen LogP contribution in [0.15, 0.2) is 97.1 Å². The molecule has 4 aliphatic rings. The van der Waals surface area contributed by atoms with Crippen LogP contribution in [0.3, 0.4) is 0 Å². The smallest absolute Gasteiger partial charge is 0.358 e. The van der Waals surface area contributed by atoms with Crippen LogP contribution in [0.4, 0.5) is 16.6 Å². The normalized spacial score (nSPS) is 19.5. The molecule has 1 unspecified atom stereocenters. The Balaban J connectivity index is 0.680. The van der Waals surface area contributed by atoms with E-state index in [1.54, 1.807) is 0 Å². The molecular weight excluding hydrogens is 963 g/mol. The number of imide groups is 1. The summed E-state index contributed by atoms with van der Waals surface area (Å²) < 4.78 is 15.5. The Bertz CT molecular complexity index is 3260. The molecule has 11 rings (SSSR count). The molecule has 3 aromatic heterocycles. The van der Waals surface area contributed by atoms with Crippen molar-refractivity contribution in [3.8, 4) is 16.9 Å². The van der Waals surface area contributed by atoms with E-state index in [0.717, 1.165) is 114 Å². The fourth-order valence-electron chi connectivity index (χ4n) is 11.4. The highest BCUT2D eigenvalue weighted by Crippen LogP contribution is 2.37. The van der Waals surface area contributed by atoms with Gasteiger partial charge in [0.15, 0.2) is 10.8 Å². The molecular formula is C59H65N9O6S.